The van der Waals surface area contributed by atoms with Crippen molar-refractivity contribution in [2.75, 3.05) is 0 Å². The summed E-state index contributed by atoms with van der Waals surface area (Å²) in [4.78, 5) is 9.47. The van der Waals surface area contributed by atoms with Crippen molar-refractivity contribution in [3.8, 4) is 22.3 Å². The summed E-state index contributed by atoms with van der Waals surface area (Å²) in [6.07, 6.45) is 3.79. The Morgan fingerprint density at radius 3 is 1.31 bits per heavy atom. The van der Waals surface area contributed by atoms with Gasteiger partial charge in [-0.2, -0.15) is 0 Å². The zero-order valence-electron chi connectivity index (χ0n) is 22.0. The molecule has 0 radical (unpaired) electrons. The van der Waals surface area contributed by atoms with Crippen molar-refractivity contribution in [3.05, 3.63) is 116 Å². The fourth-order valence-electron chi connectivity index (χ4n) is 4.21. The monoisotopic (exact) mass is 708 g/mol. The van der Waals surface area contributed by atoms with Gasteiger partial charge in [0.25, 0.3) is 0 Å². The van der Waals surface area contributed by atoms with Crippen LogP contribution >= 0.6 is 9.53 Å². The van der Waals surface area contributed by atoms with E-state index in [4.69, 9.17) is 33.5 Å². The van der Waals surface area contributed by atoms with E-state index in [9.17, 15) is 0 Å². The van der Waals surface area contributed by atoms with Gasteiger partial charge in [0, 0.05) is 23.2 Å². The van der Waals surface area contributed by atoms with Crippen LogP contribution in [0.1, 0.15) is 31.9 Å². The Morgan fingerprint density at radius 1 is 0.590 bits per heavy atom. The molecule has 39 heavy (non-hydrogen) atoms. The molecule has 0 aliphatic carbocycles. The van der Waals surface area contributed by atoms with Crippen LogP contribution in [0.5, 0.6) is 0 Å². The quantitative estimate of drug-likeness (QED) is 0.105. The second-order valence-electron chi connectivity index (χ2n) is 9.27. The average molecular weight is 708 g/mol. The van der Waals surface area contributed by atoms with E-state index < -0.39 is 0 Å². The second-order valence-corrected chi connectivity index (χ2v) is 9.27. The van der Waals surface area contributed by atoms with E-state index in [0.717, 1.165) is 21.8 Å². The molecule has 5 aromatic rings. The minimum atomic E-state index is 0.144. The van der Waals surface area contributed by atoms with Crippen molar-refractivity contribution in [1.82, 2.24) is 9.97 Å². The van der Waals surface area contributed by atoms with Gasteiger partial charge in [-0.15, -0.1) is 0 Å². The number of rotatable bonds is 2. The zero-order valence-corrected chi connectivity index (χ0v) is 25.4. The van der Waals surface area contributed by atoms with E-state index in [-0.39, 0.29) is 5.41 Å². The number of hydrogen-bond acceptors (Lipinski definition) is 2. The molecule has 5 rings (SSSR count). The van der Waals surface area contributed by atoms with Gasteiger partial charge in [-0.3, -0.25) is 9.97 Å². The summed E-state index contributed by atoms with van der Waals surface area (Å²) in [6, 6.07) is 26.1. The predicted molar refractivity (Wildman–Crippen MR) is 149 cm³/mol. The Morgan fingerprint density at radius 2 is 0.949 bits per heavy atom. The van der Waals surface area contributed by atoms with Gasteiger partial charge in [0.05, 0.1) is 11.0 Å². The van der Waals surface area contributed by atoms with Gasteiger partial charge >= 0.3 is 61.6 Å². The SMILES string of the molecule is Cc1ccc(-c2ccnc3c2ccc2c(-c4ccc(C(C)(C)C)cc4)ccnc23)cc1.[C-]#[O+].[C-]#[O+].[C-]#[O+].[Cl][Re]. The van der Waals surface area contributed by atoms with E-state index >= 15 is 0 Å². The normalized spacial score (nSPS) is 9.74. The number of aromatic nitrogens is 2. The number of benzene rings is 3. The van der Waals surface area contributed by atoms with Crippen molar-refractivity contribution >= 4 is 31.3 Å². The molecule has 196 valence electrons. The molecule has 0 saturated heterocycles. The Bertz CT molecular complexity index is 1540. The molecular weight excluding hydrogens is 682 g/mol. The second kappa shape index (κ2) is 16.6. The van der Waals surface area contributed by atoms with Gasteiger partial charge in [0.15, 0.2) is 0 Å². The summed E-state index contributed by atoms with van der Waals surface area (Å²) >= 11 is 1.19. The zero-order chi connectivity index (χ0) is 29.6. The van der Waals surface area contributed by atoms with E-state index in [1.54, 1.807) is 0 Å². The van der Waals surface area contributed by atoms with Gasteiger partial charge in [0.2, 0.25) is 0 Å². The number of aryl methyl sites for hydroxylation is 1. The summed E-state index contributed by atoms with van der Waals surface area (Å²) in [5, 5.41) is 2.26. The number of hydrogen-bond donors (Lipinski definition) is 0. The van der Waals surface area contributed by atoms with Crippen LogP contribution in [0.2, 0.25) is 0 Å². The Labute approximate surface area is 244 Å². The van der Waals surface area contributed by atoms with Gasteiger partial charge < -0.3 is 0 Å². The Hall–Kier alpha value is -3.35. The van der Waals surface area contributed by atoms with Crippen molar-refractivity contribution < 1.29 is 32.1 Å². The first kappa shape index (κ1) is 33.7. The molecular formula is C32H26ClN2O3Re. The van der Waals surface area contributed by atoms with Crippen LogP contribution in [0.4, 0.5) is 0 Å². The molecule has 7 heteroatoms. The first-order chi connectivity index (χ1) is 18.9. The molecule has 0 unspecified atom stereocenters. The Kier molecular flexibility index (Phi) is 14.3. The van der Waals surface area contributed by atoms with Crippen molar-refractivity contribution in [1.29, 1.82) is 0 Å². The van der Waals surface area contributed by atoms with Crippen molar-refractivity contribution in [3.63, 3.8) is 0 Å². The summed E-state index contributed by atoms with van der Waals surface area (Å²) in [7, 11) is 4.69. The molecule has 0 atom stereocenters. The van der Waals surface area contributed by atoms with Crippen LogP contribution < -0.4 is 0 Å². The number of fused-ring (bicyclic) bond motifs is 3. The van der Waals surface area contributed by atoms with Crippen LogP contribution in [0, 0.1) is 26.9 Å². The number of halogens is 1. The minimum absolute atomic E-state index is 0.144. The molecule has 0 aliphatic rings. The van der Waals surface area contributed by atoms with E-state index in [1.807, 2.05) is 12.4 Å². The van der Waals surface area contributed by atoms with Gasteiger partial charge in [-0.1, -0.05) is 87.0 Å². The van der Waals surface area contributed by atoms with Gasteiger partial charge in [0.1, 0.15) is 0 Å². The molecule has 0 fully saturated rings. The first-order valence-corrected chi connectivity index (χ1v) is 14.9. The van der Waals surface area contributed by atoms with E-state index in [2.05, 4.69) is 120 Å². The fraction of sp³-hybridized carbons (Fsp3) is 0.156. The van der Waals surface area contributed by atoms with Crippen LogP contribution in [-0.2, 0) is 37.6 Å². The number of nitrogens with zero attached hydrogens (tertiary/aromatic N) is 2. The third-order valence-corrected chi connectivity index (χ3v) is 6.05. The standard InChI is InChI=1S/C29H26N2.3CO.ClH.Re/c1-19-5-7-20(8-6-19)23-15-17-30-27-25(23)13-14-26-24(16-18-31-28(26)27)21-9-11-22(12-10-21)29(2,3)4;3*1-2;;/h5-18H,1-4H3;;;;1H;/q;;;;;+1/p-1. The molecule has 0 spiro atoms. The average Bonchev–Trinajstić information content (AvgIpc) is 3.00. The number of pyridine rings is 2. The molecule has 2 aromatic heterocycles. The maximum absolute atomic E-state index is 7.50. The summed E-state index contributed by atoms with van der Waals surface area (Å²) < 4.78 is 22.5. The van der Waals surface area contributed by atoms with E-state index in [0.29, 0.717) is 0 Å². The molecule has 0 bridgehead atoms. The molecule has 0 saturated carbocycles. The van der Waals surface area contributed by atoms with Crippen molar-refractivity contribution in [2.45, 2.75) is 33.1 Å². The summed E-state index contributed by atoms with van der Waals surface area (Å²) in [6.45, 7) is 22.3. The summed E-state index contributed by atoms with van der Waals surface area (Å²) in [5.41, 5.74) is 9.42. The molecule has 0 aliphatic heterocycles. The van der Waals surface area contributed by atoms with Crippen molar-refractivity contribution in [2.24, 2.45) is 0 Å². The first-order valence-electron chi connectivity index (χ1n) is 11.5. The maximum atomic E-state index is 7.50. The fourth-order valence-corrected chi connectivity index (χ4v) is 4.21. The molecule has 5 nitrogen and oxygen atoms in total. The van der Waals surface area contributed by atoms with Crippen LogP contribution in [0.25, 0.3) is 44.1 Å². The molecule has 0 N–H and O–H groups in total. The molecule has 2 heterocycles. The topological polar surface area (TPSA) is 85.5 Å². The van der Waals surface area contributed by atoms with Crippen LogP contribution in [0.3, 0.4) is 0 Å². The van der Waals surface area contributed by atoms with Gasteiger partial charge in [-0.25, -0.2) is 0 Å². The third kappa shape index (κ3) is 8.07. The third-order valence-electron chi connectivity index (χ3n) is 6.05. The van der Waals surface area contributed by atoms with E-state index in [1.165, 1.54) is 51.6 Å². The Balaban J connectivity index is 0.000000874. The van der Waals surface area contributed by atoms with Gasteiger partial charge in [-0.05, 0) is 52.3 Å². The summed E-state index contributed by atoms with van der Waals surface area (Å²) in [5.74, 6) is 0. The van der Waals surface area contributed by atoms with Crippen LogP contribution in [-0.4, -0.2) is 9.97 Å². The predicted octanol–water partition coefficient (Wildman–Crippen LogP) is 8.30. The molecule has 3 aromatic carbocycles. The van der Waals surface area contributed by atoms with Crippen LogP contribution in [0.15, 0.2) is 85.2 Å². The molecule has 0 amide bonds.